The van der Waals surface area contributed by atoms with E-state index in [1.54, 1.807) is 0 Å². The second kappa shape index (κ2) is 68.7. The minimum atomic E-state index is -2.79. The molecule has 0 amide bonds. The Kier molecular flexibility index (Phi) is 83.8. The van der Waals surface area contributed by atoms with Crippen molar-refractivity contribution in [2.24, 2.45) is 0 Å². The molecule has 0 aliphatic rings. The van der Waals surface area contributed by atoms with Crippen LogP contribution in [0.4, 0.5) is 0 Å². The number of rotatable bonds is 48. The molecule has 0 saturated carbocycles. The van der Waals surface area contributed by atoms with E-state index in [1.807, 2.05) is 0 Å². The van der Waals surface area contributed by atoms with Gasteiger partial charge in [0.15, 0.2) is 12.5 Å². The molecule has 0 radical (unpaired) electrons. The van der Waals surface area contributed by atoms with Crippen LogP contribution in [0.1, 0.15) is 261 Å². The largest absolute Gasteiger partial charge is 4.00 e. The summed E-state index contributed by atoms with van der Waals surface area (Å²) >= 11 is 28.2. The second-order valence-electron chi connectivity index (χ2n) is 16.9. The van der Waals surface area contributed by atoms with Gasteiger partial charge in [0.05, 0.1) is 26.4 Å². The number of hydrogen-bond donors (Lipinski definition) is 0. The van der Waals surface area contributed by atoms with Gasteiger partial charge in [0.1, 0.15) is 0 Å². The maximum atomic E-state index is 11.8. The molecule has 0 aromatic carbocycles. The van der Waals surface area contributed by atoms with Crippen molar-refractivity contribution in [2.45, 2.75) is 261 Å². The molecule has 9 nitrogen and oxygen atoms in total. The predicted octanol–water partition coefficient (Wildman–Crippen LogP) is 17.6. The van der Waals surface area contributed by atoms with Gasteiger partial charge in [0.25, 0.3) is 0 Å². The van der Waals surface area contributed by atoms with Gasteiger partial charge in [-0.1, -0.05) is 257 Å². The van der Waals surface area contributed by atoms with Crippen molar-refractivity contribution < 1.29 is 62.9 Å². The predicted molar refractivity (Wildman–Crippen MR) is 332 cm³/mol. The Morgan fingerprint density at radius 2 is 0.423 bits per heavy atom. The Labute approximate surface area is 496 Å². The van der Waals surface area contributed by atoms with Crippen LogP contribution in [-0.2, 0) is 98.9 Å². The van der Waals surface area contributed by atoms with Crippen LogP contribution in [0, 0.1) is 0 Å². The molecule has 0 bridgehead atoms. The van der Waals surface area contributed by atoms with E-state index in [0.717, 1.165) is 100 Å². The van der Waals surface area contributed by atoms with Crippen molar-refractivity contribution in [1.82, 2.24) is 0 Å². The first-order chi connectivity index (χ1) is 33.5. The molecule has 0 fully saturated rings. The van der Waals surface area contributed by atoms with Crippen LogP contribution < -0.4 is 19.6 Å². The molecule has 4 unspecified atom stereocenters. The zero-order valence-electron chi connectivity index (χ0n) is 45.8. The minimum absolute atomic E-state index is 0. The SMILES string of the molecule is CCCCCCOP([O-])(=S)SCCCCCC.CCCCCCOP([O-])(=S)SCCCCCC.CCCCCCOP([O-])(=S)SCCCCCC.CCCCCCOP([O-])(=S)SCCCCCC.O=S.[Mo+4]. The molecular weight excluding hydrogens is 1230 g/mol. The third-order valence-electron chi connectivity index (χ3n) is 9.98. The molecule has 0 N–H and O–H groups in total. The molecule has 0 heterocycles. The molecule has 0 aliphatic carbocycles. The van der Waals surface area contributed by atoms with E-state index in [2.05, 4.69) is 67.9 Å². The van der Waals surface area contributed by atoms with Crippen LogP contribution in [0.2, 0.25) is 0 Å². The first-order valence-corrected chi connectivity index (χ1v) is 44.3. The van der Waals surface area contributed by atoms with Crippen LogP contribution in [0.25, 0.3) is 0 Å². The first kappa shape index (κ1) is 86.6. The topological polar surface area (TPSA) is 146 Å². The Bertz CT molecular complexity index is 984. The summed E-state index contributed by atoms with van der Waals surface area (Å²) < 4.78 is 29.1. The van der Waals surface area contributed by atoms with Gasteiger partial charge in [-0.15, -0.1) is 45.5 Å². The average molecular weight is 1330 g/mol. The summed E-state index contributed by atoms with van der Waals surface area (Å²) in [6.07, 6.45) is 37.3. The van der Waals surface area contributed by atoms with E-state index in [4.69, 9.17) is 69.5 Å². The number of hydrogen-bond acceptors (Lipinski definition) is 18. The standard InChI is InChI=1S/4C12H27O2PS2.Mo.OS/c4*1-3-5-7-9-11-14-15(13,16)17-12-10-8-6-4-2;;1-2/h4*3-12H2,1-2H3,(H,13,16);;/q;;;;+4;/p-4. The Balaban J connectivity index is -0.000000195. The average Bonchev–Trinajstić information content (AvgIpc) is 3.32. The smallest absolute Gasteiger partial charge is 0.793 e. The third-order valence-corrected chi connectivity index (χ3v) is 27.4. The zero-order valence-corrected chi connectivity index (χ0v) is 58.8. The van der Waals surface area contributed by atoms with E-state index in [0.29, 0.717) is 26.4 Å². The quantitative estimate of drug-likeness (QED) is 0.0323. The minimum Gasteiger partial charge on any atom is -0.793 e. The first-order valence-electron chi connectivity index (χ1n) is 27.1. The van der Waals surface area contributed by atoms with Crippen LogP contribution in [-0.4, -0.2) is 53.6 Å². The zero-order chi connectivity index (χ0) is 53.9. The van der Waals surface area contributed by atoms with Gasteiger partial charge in [0.2, 0.25) is 0 Å². The Hall–Kier alpha value is 4.39. The van der Waals surface area contributed by atoms with E-state index in [9.17, 15) is 19.6 Å². The van der Waals surface area contributed by atoms with Gasteiger partial charge < -0.3 is 37.7 Å². The monoisotopic (exact) mass is 1330 g/mol. The maximum absolute atomic E-state index is 11.8. The van der Waals surface area contributed by atoms with Crippen molar-refractivity contribution in [1.29, 1.82) is 0 Å². The molecule has 0 rings (SSSR count). The van der Waals surface area contributed by atoms with Crippen molar-refractivity contribution in [2.75, 3.05) is 49.4 Å². The van der Waals surface area contributed by atoms with Gasteiger partial charge in [-0.05, 0) is 74.4 Å². The van der Waals surface area contributed by atoms with Crippen LogP contribution in [0.15, 0.2) is 0 Å². The van der Waals surface area contributed by atoms with E-state index >= 15 is 0 Å². The van der Waals surface area contributed by atoms with Gasteiger partial charge in [-0.2, -0.15) is 4.21 Å². The summed E-state index contributed by atoms with van der Waals surface area (Å²) in [6, 6.07) is 0. The Morgan fingerprint density at radius 1 is 0.282 bits per heavy atom. The Morgan fingerprint density at radius 3 is 0.563 bits per heavy atom. The third kappa shape index (κ3) is 83.3. The normalized spacial score (nSPS) is 14.2. The molecule has 0 aromatic heterocycles. The summed E-state index contributed by atoms with van der Waals surface area (Å²) in [5.41, 5.74) is -11.2. The van der Waals surface area contributed by atoms with E-state index < -0.39 is 22.8 Å². The van der Waals surface area contributed by atoms with Gasteiger partial charge in [-0.3, -0.25) is 0 Å². The van der Waals surface area contributed by atoms with E-state index in [1.165, 1.54) is 174 Å². The van der Waals surface area contributed by atoms with E-state index in [-0.39, 0.29) is 21.1 Å². The molecular formula is C48H104MoO9P4S9. The second-order valence-corrected chi connectivity index (χ2v) is 41.6. The van der Waals surface area contributed by atoms with Gasteiger partial charge >= 0.3 is 21.1 Å². The molecule has 23 heteroatoms. The van der Waals surface area contributed by atoms with Crippen molar-refractivity contribution in [3.05, 3.63) is 0 Å². The molecule has 4 atom stereocenters. The summed E-state index contributed by atoms with van der Waals surface area (Å²) in [7, 11) is 0. The molecule has 71 heavy (non-hydrogen) atoms. The number of unbranched alkanes of at least 4 members (excludes halogenated alkanes) is 24. The van der Waals surface area contributed by atoms with Crippen LogP contribution >= 0.6 is 68.3 Å². The van der Waals surface area contributed by atoms with Crippen molar-refractivity contribution in [3.8, 4) is 0 Å². The fourth-order valence-electron chi connectivity index (χ4n) is 5.79. The van der Waals surface area contributed by atoms with Gasteiger partial charge in [-0.25, -0.2) is 0 Å². The fraction of sp³-hybridized carbons (Fsp3) is 1.00. The molecule has 0 saturated heterocycles. The van der Waals surface area contributed by atoms with Crippen LogP contribution in [0.3, 0.4) is 0 Å². The molecule has 430 valence electrons. The summed E-state index contributed by atoms with van der Waals surface area (Å²) in [5, 5.41) is 0. The fourth-order valence-corrected chi connectivity index (χ4v) is 19.3. The van der Waals surface area contributed by atoms with Crippen LogP contribution in [0.5, 0.6) is 0 Å². The molecule has 0 spiro atoms. The van der Waals surface area contributed by atoms with Crippen molar-refractivity contribution >= 4 is 128 Å². The maximum Gasteiger partial charge on any atom is 4.00 e. The summed E-state index contributed by atoms with van der Waals surface area (Å²) in [5.74, 6) is 3.48. The summed E-state index contributed by atoms with van der Waals surface area (Å²) in [4.78, 5) is 47.3. The summed E-state index contributed by atoms with van der Waals surface area (Å²) in [6.45, 7) is 19.7. The molecule has 0 aromatic rings. The van der Waals surface area contributed by atoms with Crippen molar-refractivity contribution in [3.63, 3.8) is 0 Å². The molecule has 0 aliphatic heterocycles. The van der Waals surface area contributed by atoms with Gasteiger partial charge in [0, 0.05) is 22.8 Å².